The molecule has 0 atom stereocenters. The molecule has 0 saturated heterocycles. The molecule has 0 spiro atoms. The normalized spacial score (nSPS) is 11.5. The Bertz CT molecular complexity index is 3100. The Morgan fingerprint density at radius 3 is 0.415 bits per heavy atom. The fraction of sp³-hybridized carbons (Fsp3) is 0.712. The Labute approximate surface area is 734 Å². The standard InChI is InChI=1S/C118H182/c1-7-13-19-25-31-37-43-49-55-61-67-73-79-103-95-113-89-85-109-99-105(81-75-69-63-57-51-45-39-33-27-21-15-9-3)107(83-77-71-65-59-53-47-41-35-29-23-17-11-5)101-111(109)87-91-115-97-104(80-74-68-62-56-50-44-38-32-26-20-14-8-2)98-116-92-88-112-102-108(84-78-72-66-60-54-48-42-36-30-24-18-12-6)106(82-76-70-64-58-52-46-40-34-28-22-16-10-4)100-110(112)86-90-114(96-103)117(113)93-94-118(115)116/h95-102H,7-84H2,1-6H3. The molecule has 0 fully saturated rings. The van der Waals surface area contributed by atoms with Crippen LogP contribution in [0.3, 0.4) is 0 Å². The van der Waals surface area contributed by atoms with E-state index in [0.29, 0.717) is 0 Å². The predicted octanol–water partition coefficient (Wildman–Crippen LogP) is 38.7. The Morgan fingerprint density at radius 1 is 0.136 bits per heavy atom. The number of rotatable bonds is 78. The van der Waals surface area contributed by atoms with Gasteiger partial charge in [-0.1, -0.05) is 526 Å². The van der Waals surface area contributed by atoms with Crippen molar-refractivity contribution in [3.8, 4) is 11.8 Å². The summed E-state index contributed by atoms with van der Waals surface area (Å²) in [5, 5.41) is 8.33. The SMILES string of the molecule is CCCCCCCCCCCCCCc1cc2c#cc3cc(CCCCCCCCCCCCCC)c(CCCCCCCCCCCCCC)cc3c#cc3cc(CCCCCCCCCCCCCC)cc4c#cc5cc(CCCCCCCCCCCCCC)c(CCCCCCCCCCCCCC)cc5c#cc(c1)c2C#Cc34. The fourth-order valence-corrected chi connectivity index (χ4v) is 18.7. The van der Waals surface area contributed by atoms with Crippen LogP contribution in [0, 0.1) is 60.4 Å². The van der Waals surface area contributed by atoms with Gasteiger partial charge in [-0.05, 0) is 159 Å². The minimum absolute atomic E-state index is 0.960. The summed E-state index contributed by atoms with van der Waals surface area (Å²) in [6.07, 6.45) is 104. The summed E-state index contributed by atoms with van der Waals surface area (Å²) < 4.78 is 0. The van der Waals surface area contributed by atoms with E-state index in [1.165, 1.54) is 496 Å². The van der Waals surface area contributed by atoms with E-state index < -0.39 is 0 Å². The van der Waals surface area contributed by atoms with Crippen molar-refractivity contribution in [1.82, 2.24) is 0 Å². The maximum atomic E-state index is 3.96. The van der Waals surface area contributed by atoms with Crippen LogP contribution in [0.15, 0.2) is 48.5 Å². The third kappa shape index (κ3) is 47.4. The molecule has 2 aliphatic carbocycles. The van der Waals surface area contributed by atoms with Gasteiger partial charge < -0.3 is 0 Å². The van der Waals surface area contributed by atoms with Gasteiger partial charge in [0.15, 0.2) is 0 Å². The number of hydrogen-bond acceptors (Lipinski definition) is 0. The van der Waals surface area contributed by atoms with Crippen molar-refractivity contribution in [3.05, 3.63) is 142 Å². The zero-order valence-electron chi connectivity index (χ0n) is 78.8. The minimum atomic E-state index is 0.960. The second-order valence-corrected chi connectivity index (χ2v) is 37.5. The van der Waals surface area contributed by atoms with E-state index in [1.54, 1.807) is 0 Å². The Hall–Kier alpha value is -5.32. The molecule has 2 bridgehead atoms. The van der Waals surface area contributed by atoms with Crippen molar-refractivity contribution < 1.29 is 0 Å². The van der Waals surface area contributed by atoms with Crippen LogP contribution in [0.25, 0.3) is 43.1 Å². The lowest BCUT2D eigenvalue weighted by Gasteiger charge is -2.11. The minimum Gasteiger partial charge on any atom is -0.0654 e. The lowest BCUT2D eigenvalue weighted by Crippen LogP contribution is -1.96. The molecule has 0 aromatic heterocycles. The molecule has 0 N–H and O–H groups in total. The highest BCUT2D eigenvalue weighted by atomic mass is 14.2. The first-order valence-corrected chi connectivity index (χ1v) is 52.7. The first kappa shape index (κ1) is 101. The Morgan fingerprint density at radius 2 is 0.263 bits per heavy atom. The summed E-state index contributed by atoms with van der Waals surface area (Å²) in [5.41, 5.74) is 10.6. The average molecular weight is 1600 g/mol. The highest BCUT2D eigenvalue weighted by Crippen LogP contribution is 2.30. The molecule has 654 valence electrons. The van der Waals surface area contributed by atoms with E-state index in [9.17, 15) is 0 Å². The van der Waals surface area contributed by atoms with Crippen molar-refractivity contribution >= 4 is 43.1 Å². The second-order valence-electron chi connectivity index (χ2n) is 37.5. The number of unbranched alkanes of at least 4 members (excludes halogenated alkanes) is 66. The highest BCUT2D eigenvalue weighted by molar-refractivity contribution is 5.88. The molecule has 0 heteroatoms. The molecule has 118 heavy (non-hydrogen) atoms. The quantitative estimate of drug-likeness (QED) is 0.0264. The van der Waals surface area contributed by atoms with Gasteiger partial charge in [0.05, 0.1) is 11.1 Å². The summed E-state index contributed by atoms with van der Waals surface area (Å²) in [5.74, 6) is 7.82. The van der Waals surface area contributed by atoms with Gasteiger partial charge in [0, 0.05) is 43.1 Å². The van der Waals surface area contributed by atoms with Crippen molar-refractivity contribution in [3.63, 3.8) is 0 Å². The van der Waals surface area contributed by atoms with Gasteiger partial charge in [-0.25, -0.2) is 0 Å². The molecule has 4 aromatic carbocycles. The zero-order chi connectivity index (χ0) is 83.1. The molecule has 2 aliphatic rings. The molecule has 0 aliphatic heterocycles. The summed E-state index contributed by atoms with van der Waals surface area (Å²) in [7, 11) is 0. The fourth-order valence-electron chi connectivity index (χ4n) is 18.7. The van der Waals surface area contributed by atoms with Crippen LogP contribution in [-0.4, -0.2) is 0 Å². The Balaban J connectivity index is 1.47. The summed E-state index contributed by atoms with van der Waals surface area (Å²) in [4.78, 5) is 0. The largest absolute Gasteiger partial charge is 0.0654 e. The molecule has 0 radical (unpaired) electrons. The predicted molar refractivity (Wildman–Crippen MR) is 526 cm³/mol. The van der Waals surface area contributed by atoms with E-state index in [-0.39, 0.29) is 0 Å². The zero-order valence-corrected chi connectivity index (χ0v) is 78.8. The van der Waals surface area contributed by atoms with Crippen LogP contribution in [0.1, 0.15) is 548 Å². The second kappa shape index (κ2) is 71.1. The van der Waals surface area contributed by atoms with Crippen LogP contribution in [0.4, 0.5) is 0 Å². The van der Waals surface area contributed by atoms with E-state index in [4.69, 9.17) is 0 Å². The van der Waals surface area contributed by atoms with Crippen LogP contribution in [0.2, 0.25) is 0 Å². The molecule has 0 saturated carbocycles. The molecule has 0 amide bonds. The maximum absolute atomic E-state index is 3.96. The smallest absolute Gasteiger partial charge is 0.0562 e. The van der Waals surface area contributed by atoms with Crippen LogP contribution in [-0.2, 0) is 38.5 Å². The van der Waals surface area contributed by atoms with Crippen LogP contribution >= 0.6 is 0 Å². The third-order valence-electron chi connectivity index (χ3n) is 26.6. The first-order valence-electron chi connectivity index (χ1n) is 52.7. The molecule has 0 unspecified atom stereocenters. The maximum Gasteiger partial charge on any atom is 0.0562 e. The monoisotopic (exact) mass is 1600 g/mol. The molecular weight excluding hydrogens is 1420 g/mol. The first-order chi connectivity index (χ1) is 58.5. The van der Waals surface area contributed by atoms with E-state index >= 15 is 0 Å². The van der Waals surface area contributed by atoms with E-state index in [1.807, 2.05) is 0 Å². The van der Waals surface area contributed by atoms with Gasteiger partial charge in [-0.3, -0.25) is 0 Å². The van der Waals surface area contributed by atoms with Gasteiger partial charge in [0.1, 0.15) is 0 Å². The number of benzene rings is 4. The van der Waals surface area contributed by atoms with Crippen LogP contribution in [0.5, 0.6) is 0 Å². The van der Waals surface area contributed by atoms with Gasteiger partial charge in [0.2, 0.25) is 0 Å². The van der Waals surface area contributed by atoms with E-state index in [0.717, 1.165) is 92.7 Å². The van der Waals surface area contributed by atoms with Gasteiger partial charge in [0.25, 0.3) is 0 Å². The topological polar surface area (TPSA) is 0 Å². The number of aryl methyl sites for hydroxylation is 6. The number of hydrogen-bond donors (Lipinski definition) is 0. The molecule has 6 rings (SSSR count). The Kier molecular flexibility index (Phi) is 61.2. The number of fused-ring (bicyclic) bond motifs is 2. The van der Waals surface area contributed by atoms with Crippen molar-refractivity contribution in [2.75, 3.05) is 0 Å². The molecule has 0 heterocycles. The van der Waals surface area contributed by atoms with Crippen LogP contribution < -0.4 is 0 Å². The summed E-state index contributed by atoms with van der Waals surface area (Å²) >= 11 is 0. The summed E-state index contributed by atoms with van der Waals surface area (Å²) in [6, 6.07) is 51.5. The highest BCUT2D eigenvalue weighted by Gasteiger charge is 2.13. The lowest BCUT2D eigenvalue weighted by molar-refractivity contribution is 0.542. The van der Waals surface area contributed by atoms with E-state index in [2.05, 4.69) is 150 Å². The molecule has 0 nitrogen and oxygen atoms in total. The third-order valence-corrected chi connectivity index (χ3v) is 26.6. The van der Waals surface area contributed by atoms with Crippen molar-refractivity contribution in [2.45, 2.75) is 542 Å². The average Bonchev–Trinajstić information content (AvgIpc) is 0.785. The van der Waals surface area contributed by atoms with Gasteiger partial charge >= 0.3 is 0 Å². The molecular formula is C118H182. The van der Waals surface area contributed by atoms with Gasteiger partial charge in [-0.2, -0.15) is 0 Å². The van der Waals surface area contributed by atoms with Crippen molar-refractivity contribution in [2.24, 2.45) is 0 Å². The lowest BCUT2D eigenvalue weighted by atomic mass is 9.93. The molecule has 4 aromatic rings. The van der Waals surface area contributed by atoms with Gasteiger partial charge in [-0.15, -0.1) is 0 Å². The summed E-state index contributed by atoms with van der Waals surface area (Å²) in [6.45, 7) is 14.0. The van der Waals surface area contributed by atoms with Crippen molar-refractivity contribution in [1.29, 1.82) is 0 Å².